The van der Waals surface area contributed by atoms with Crippen LogP contribution in [0.15, 0.2) is 75.7 Å². The van der Waals surface area contributed by atoms with Crippen molar-refractivity contribution in [1.82, 2.24) is 5.32 Å². The Labute approximate surface area is 246 Å². The van der Waals surface area contributed by atoms with Crippen LogP contribution in [0.3, 0.4) is 0 Å². The molecule has 8 nitrogen and oxygen atoms in total. The molecule has 3 aromatic carbocycles. The van der Waals surface area contributed by atoms with E-state index < -0.39 is 41.3 Å². The van der Waals surface area contributed by atoms with Crippen molar-refractivity contribution in [3.63, 3.8) is 0 Å². The van der Waals surface area contributed by atoms with Gasteiger partial charge in [-0.2, -0.15) is 0 Å². The molecule has 2 aliphatic rings. The molecular weight excluding hydrogens is 654 g/mol. The van der Waals surface area contributed by atoms with Gasteiger partial charge in [-0.05, 0) is 60.7 Å². The molecule has 200 valence electrons. The molecule has 0 amide bonds. The van der Waals surface area contributed by atoms with E-state index in [-0.39, 0.29) is 10.8 Å². The van der Waals surface area contributed by atoms with Gasteiger partial charge in [-0.15, -0.1) is 0 Å². The number of ether oxygens (including phenoxy) is 4. The summed E-state index contributed by atoms with van der Waals surface area (Å²) in [6.07, 6.45) is 0. The minimum absolute atomic E-state index is 0.155. The molecule has 5 rings (SSSR count). The Kier molecular flexibility index (Phi) is 7.60. The maximum atomic E-state index is 13.5. The Morgan fingerprint density at radius 2 is 1.51 bits per heavy atom. The Bertz CT molecular complexity index is 1480. The van der Waals surface area contributed by atoms with Gasteiger partial charge in [0, 0.05) is 32.0 Å². The molecule has 0 spiro atoms. The highest BCUT2D eigenvalue weighted by Crippen LogP contribution is 2.56. The monoisotopic (exact) mass is 673 g/mol. The number of hydrogen-bond donors (Lipinski definition) is 1. The van der Waals surface area contributed by atoms with Crippen molar-refractivity contribution in [2.75, 3.05) is 14.2 Å². The van der Waals surface area contributed by atoms with Crippen LogP contribution in [0.25, 0.3) is 0 Å². The van der Waals surface area contributed by atoms with Gasteiger partial charge in [0.1, 0.15) is 11.5 Å². The molecule has 1 fully saturated rings. The summed E-state index contributed by atoms with van der Waals surface area (Å²) < 4.78 is 23.6. The topological polar surface area (TPSA) is 100 Å². The summed E-state index contributed by atoms with van der Waals surface area (Å²) in [5.41, 5.74) is -0.586. The third kappa shape index (κ3) is 4.67. The second-order valence-electron chi connectivity index (χ2n) is 8.96. The number of carbonyl (C=O) groups is 3. The zero-order valence-electron chi connectivity index (χ0n) is 20.6. The van der Waals surface area contributed by atoms with E-state index in [0.29, 0.717) is 31.4 Å². The first-order valence-corrected chi connectivity index (χ1v) is 13.7. The van der Waals surface area contributed by atoms with Gasteiger partial charge in [0.05, 0.1) is 25.7 Å². The fraction of sp³-hybridized carbons (Fsp3) is 0.214. The van der Waals surface area contributed by atoms with Gasteiger partial charge in [0.25, 0.3) is 0 Å². The number of thiocarbonyl (C=S) groups is 1. The molecule has 0 unspecified atom stereocenters. The lowest BCUT2D eigenvalue weighted by Crippen LogP contribution is -2.59. The van der Waals surface area contributed by atoms with Gasteiger partial charge in [-0.25, -0.2) is 14.4 Å². The molecule has 0 aliphatic carbocycles. The summed E-state index contributed by atoms with van der Waals surface area (Å²) in [6, 6.07) is 18.1. The van der Waals surface area contributed by atoms with Gasteiger partial charge < -0.3 is 18.9 Å². The van der Waals surface area contributed by atoms with Gasteiger partial charge in [-0.3, -0.25) is 5.32 Å². The van der Waals surface area contributed by atoms with E-state index >= 15 is 0 Å². The van der Waals surface area contributed by atoms with Crippen LogP contribution in [0.1, 0.15) is 33.4 Å². The standard InChI is InChI=1S/C28H21Br2NO7S/c1-35-26(33)28(27(34)36-2)22-17-12-15(29)8-10-19(17)38-25(39)21(22)23(31-28)18-13-16(30)9-11-20(18)37-24(32)14-6-4-3-5-7-14/h3-13,21-23,31H,1-2H3/t21-,22+,23+/m0/s1. The van der Waals surface area contributed by atoms with E-state index in [1.165, 1.54) is 14.2 Å². The molecule has 1 saturated heterocycles. The van der Waals surface area contributed by atoms with Crippen LogP contribution >= 0.6 is 44.1 Å². The minimum atomic E-state index is -1.98. The smallest absolute Gasteiger partial charge is 0.343 e. The van der Waals surface area contributed by atoms with Crippen LogP contribution in [0.5, 0.6) is 11.5 Å². The summed E-state index contributed by atoms with van der Waals surface area (Å²) in [5.74, 6) is -3.24. The molecule has 0 radical (unpaired) electrons. The lowest BCUT2D eigenvalue weighted by molar-refractivity contribution is -0.163. The molecule has 0 bridgehead atoms. The first-order chi connectivity index (χ1) is 18.7. The van der Waals surface area contributed by atoms with Crippen molar-refractivity contribution in [3.05, 3.63) is 92.4 Å². The van der Waals surface area contributed by atoms with Gasteiger partial charge >= 0.3 is 17.9 Å². The summed E-state index contributed by atoms with van der Waals surface area (Å²) in [7, 11) is 2.39. The SMILES string of the molecule is COC(=O)C1(C(=O)OC)N[C@H](c2cc(Br)ccc2OC(=O)c2ccccc2)[C@H]2C(=S)Oc3ccc(Br)cc3[C@H]21. The summed E-state index contributed by atoms with van der Waals surface area (Å²) >= 11 is 12.7. The van der Waals surface area contributed by atoms with E-state index in [4.69, 9.17) is 31.2 Å². The maximum absolute atomic E-state index is 13.5. The second-order valence-corrected chi connectivity index (χ2v) is 11.2. The highest BCUT2D eigenvalue weighted by atomic mass is 79.9. The summed E-state index contributed by atoms with van der Waals surface area (Å²) in [5, 5.41) is 3.35. The van der Waals surface area contributed by atoms with Crippen LogP contribution in [0.4, 0.5) is 0 Å². The number of nitrogens with one attached hydrogen (secondary N) is 1. The number of fused-ring (bicyclic) bond motifs is 3. The first-order valence-electron chi connectivity index (χ1n) is 11.7. The molecule has 1 N–H and O–H groups in total. The largest absolute Gasteiger partial charge is 0.467 e. The Morgan fingerprint density at radius 1 is 0.897 bits per heavy atom. The van der Waals surface area contributed by atoms with E-state index in [1.807, 2.05) is 0 Å². The Morgan fingerprint density at radius 3 is 2.15 bits per heavy atom. The van der Waals surface area contributed by atoms with Gasteiger partial charge in [0.2, 0.25) is 5.54 Å². The molecule has 3 aromatic rings. The zero-order valence-corrected chi connectivity index (χ0v) is 24.6. The zero-order chi connectivity index (χ0) is 27.9. The molecule has 39 heavy (non-hydrogen) atoms. The number of carbonyl (C=O) groups excluding carboxylic acids is 3. The van der Waals surface area contributed by atoms with Gasteiger partial charge in [0.15, 0.2) is 5.05 Å². The summed E-state index contributed by atoms with van der Waals surface area (Å²) in [6.45, 7) is 0. The molecule has 2 aliphatic heterocycles. The van der Waals surface area contributed by atoms with Gasteiger partial charge in [-0.1, -0.05) is 50.1 Å². The van der Waals surface area contributed by atoms with Crippen molar-refractivity contribution in [2.45, 2.75) is 17.5 Å². The van der Waals surface area contributed by atoms with E-state index in [9.17, 15) is 14.4 Å². The predicted molar refractivity (Wildman–Crippen MR) is 152 cm³/mol. The van der Waals surface area contributed by atoms with Crippen LogP contribution in [-0.2, 0) is 19.1 Å². The predicted octanol–water partition coefficient (Wildman–Crippen LogP) is 5.28. The number of hydrogen-bond acceptors (Lipinski definition) is 9. The molecule has 11 heteroatoms. The molecule has 3 atom stereocenters. The number of halogens is 2. The molecule has 0 saturated carbocycles. The number of methoxy groups -OCH3 is 2. The fourth-order valence-corrected chi connectivity index (χ4v) is 6.37. The van der Waals surface area contributed by atoms with E-state index in [2.05, 4.69) is 37.2 Å². The van der Waals surface area contributed by atoms with E-state index in [0.717, 1.165) is 0 Å². The lowest BCUT2D eigenvalue weighted by atomic mass is 9.72. The van der Waals surface area contributed by atoms with Crippen LogP contribution in [-0.4, -0.2) is 42.7 Å². The third-order valence-corrected chi connectivity index (χ3v) is 8.23. The first kappa shape index (κ1) is 27.4. The molecule has 2 heterocycles. The van der Waals surface area contributed by atoms with E-state index in [1.54, 1.807) is 66.7 Å². The van der Waals surface area contributed by atoms with Crippen molar-refractivity contribution in [1.29, 1.82) is 0 Å². The number of esters is 3. The second kappa shape index (κ2) is 10.8. The third-order valence-electron chi connectivity index (χ3n) is 6.89. The number of rotatable bonds is 5. The molecular formula is C28H21Br2NO7S. The molecule has 0 aromatic heterocycles. The highest BCUT2D eigenvalue weighted by Gasteiger charge is 2.68. The average Bonchev–Trinajstić information content (AvgIpc) is 3.32. The average molecular weight is 675 g/mol. The van der Waals surface area contributed by atoms with Crippen LogP contribution in [0.2, 0.25) is 0 Å². The van der Waals surface area contributed by atoms with Crippen molar-refractivity contribution < 1.29 is 33.3 Å². The van der Waals surface area contributed by atoms with Crippen molar-refractivity contribution in [3.8, 4) is 11.5 Å². The van der Waals surface area contributed by atoms with Crippen molar-refractivity contribution in [2.24, 2.45) is 5.92 Å². The minimum Gasteiger partial charge on any atom is -0.467 e. The fourth-order valence-electron chi connectivity index (χ4n) is 5.25. The Balaban J connectivity index is 1.70. The lowest BCUT2D eigenvalue weighted by Gasteiger charge is -2.36. The van der Waals surface area contributed by atoms with Crippen LogP contribution in [0, 0.1) is 5.92 Å². The Hall–Kier alpha value is -3.12. The quantitative estimate of drug-likeness (QED) is 0.168. The summed E-state index contributed by atoms with van der Waals surface area (Å²) in [4.78, 5) is 40.0. The van der Waals surface area contributed by atoms with Crippen LogP contribution < -0.4 is 14.8 Å². The maximum Gasteiger partial charge on any atom is 0.343 e. The highest BCUT2D eigenvalue weighted by molar-refractivity contribution is 9.10. The number of benzene rings is 3. The normalized spacial score (nSPS) is 20.7. The van der Waals surface area contributed by atoms with Crippen molar-refractivity contribution >= 4 is 67.0 Å².